The summed E-state index contributed by atoms with van der Waals surface area (Å²) >= 11 is 0. The molecule has 0 atom stereocenters. The highest BCUT2D eigenvalue weighted by Gasteiger charge is 2.27. The van der Waals surface area contributed by atoms with E-state index in [0.29, 0.717) is 31.2 Å². The van der Waals surface area contributed by atoms with Crippen LogP contribution in [0.25, 0.3) is 0 Å². The van der Waals surface area contributed by atoms with Crippen LogP contribution in [0.5, 0.6) is 0 Å². The second-order valence-corrected chi connectivity index (χ2v) is 6.01. The average molecular weight is 517 g/mol. The first kappa shape index (κ1) is 26.9. The number of alkyl halides is 3. The lowest BCUT2D eigenvalue weighted by molar-refractivity contribution is -0.176. The Hall–Kier alpha value is -1.07. The Morgan fingerprint density at radius 1 is 1.00 bits per heavy atom. The number of ether oxygens (including phenoxy) is 2. The number of hydrogen-bond acceptors (Lipinski definition) is 3. The van der Waals surface area contributed by atoms with Gasteiger partial charge in [-0.3, -0.25) is 0 Å². The quantitative estimate of drug-likeness (QED) is 0.189. The highest BCUT2D eigenvalue weighted by atomic mass is 127. The first-order chi connectivity index (χ1) is 12.9. The van der Waals surface area contributed by atoms with Crippen molar-refractivity contribution in [3.05, 3.63) is 35.4 Å². The van der Waals surface area contributed by atoms with Crippen molar-refractivity contribution in [3.63, 3.8) is 0 Å². The van der Waals surface area contributed by atoms with Gasteiger partial charge in [-0.25, -0.2) is 4.99 Å². The Bertz CT molecular complexity index is 540. The molecule has 162 valence electrons. The molecule has 9 heteroatoms. The monoisotopic (exact) mass is 517 g/mol. The summed E-state index contributed by atoms with van der Waals surface area (Å²) in [6.45, 7) is 6.09. The van der Waals surface area contributed by atoms with Crippen molar-refractivity contribution in [1.29, 1.82) is 0 Å². The summed E-state index contributed by atoms with van der Waals surface area (Å²) in [4.78, 5) is 4.50. The maximum atomic E-state index is 12.1. The molecule has 28 heavy (non-hydrogen) atoms. The lowest BCUT2D eigenvalue weighted by Crippen LogP contribution is -2.39. The van der Waals surface area contributed by atoms with Gasteiger partial charge >= 0.3 is 6.18 Å². The van der Waals surface area contributed by atoms with Gasteiger partial charge in [0.2, 0.25) is 0 Å². The second kappa shape index (κ2) is 15.8. The number of halogens is 4. The molecule has 5 nitrogen and oxygen atoms in total. The molecule has 0 aromatic heterocycles. The van der Waals surface area contributed by atoms with Crippen LogP contribution in [0, 0.1) is 0 Å². The minimum absolute atomic E-state index is 0. The van der Waals surface area contributed by atoms with Crippen LogP contribution >= 0.6 is 24.0 Å². The maximum absolute atomic E-state index is 12.1. The lowest BCUT2D eigenvalue weighted by atomic mass is 10.1. The van der Waals surface area contributed by atoms with Crippen LogP contribution in [0.1, 0.15) is 37.8 Å². The Balaban J connectivity index is 0.00000729. The van der Waals surface area contributed by atoms with E-state index in [9.17, 15) is 13.2 Å². The number of aliphatic imine (C=N–C) groups is 1. The van der Waals surface area contributed by atoms with Gasteiger partial charge in [0.1, 0.15) is 6.61 Å². The Kier molecular flexibility index (Phi) is 15.2. The van der Waals surface area contributed by atoms with Gasteiger partial charge < -0.3 is 20.1 Å². The molecule has 1 rings (SSSR count). The first-order valence-electron chi connectivity index (χ1n) is 9.26. The number of nitrogens with one attached hydrogen (secondary N) is 2. The summed E-state index contributed by atoms with van der Waals surface area (Å²) in [6, 6.07) is 7.19. The Morgan fingerprint density at radius 2 is 1.68 bits per heavy atom. The van der Waals surface area contributed by atoms with Crippen LogP contribution in [0.4, 0.5) is 13.2 Å². The third-order valence-corrected chi connectivity index (χ3v) is 3.50. The smallest absolute Gasteiger partial charge is 0.380 e. The molecule has 1 aromatic carbocycles. The summed E-state index contributed by atoms with van der Waals surface area (Å²) in [6.07, 6.45) is -2.12. The number of hydrogen-bond donors (Lipinski definition) is 2. The molecule has 0 radical (unpaired) electrons. The highest BCUT2D eigenvalue weighted by molar-refractivity contribution is 14.0. The van der Waals surface area contributed by atoms with Crippen molar-refractivity contribution in [2.24, 2.45) is 4.99 Å². The van der Waals surface area contributed by atoms with Crippen LogP contribution < -0.4 is 10.6 Å². The van der Waals surface area contributed by atoms with E-state index in [2.05, 4.69) is 27.3 Å². The molecule has 0 amide bonds. The molecular weight excluding hydrogens is 486 g/mol. The summed E-state index contributed by atoms with van der Waals surface area (Å²) in [5, 5.41) is 6.37. The van der Waals surface area contributed by atoms with Crippen LogP contribution in [-0.2, 0) is 22.6 Å². The van der Waals surface area contributed by atoms with Crippen LogP contribution in [-0.4, -0.2) is 45.0 Å². The molecule has 0 spiro atoms. The Labute approximate surface area is 182 Å². The molecule has 0 saturated heterocycles. The molecule has 0 unspecified atom stereocenters. The maximum Gasteiger partial charge on any atom is 0.411 e. The summed E-state index contributed by atoms with van der Waals surface area (Å²) in [5.74, 6) is 0.703. The van der Waals surface area contributed by atoms with E-state index in [1.165, 1.54) is 0 Å². The van der Waals surface area contributed by atoms with Crippen molar-refractivity contribution >= 4 is 29.9 Å². The minimum atomic E-state index is -4.30. The average Bonchev–Trinajstić information content (AvgIpc) is 2.62. The largest absolute Gasteiger partial charge is 0.411 e. The molecule has 0 heterocycles. The van der Waals surface area contributed by atoms with Crippen molar-refractivity contribution in [3.8, 4) is 0 Å². The zero-order chi connectivity index (χ0) is 20.0. The van der Waals surface area contributed by atoms with E-state index in [1.54, 1.807) is 12.1 Å². The van der Waals surface area contributed by atoms with Crippen LogP contribution in [0.3, 0.4) is 0 Å². The number of benzene rings is 1. The van der Waals surface area contributed by atoms with Crippen molar-refractivity contribution < 1.29 is 22.6 Å². The predicted molar refractivity (Wildman–Crippen MR) is 116 cm³/mol. The summed E-state index contributed by atoms with van der Waals surface area (Å²) in [7, 11) is 0. The fraction of sp³-hybridized carbons (Fsp3) is 0.632. The highest BCUT2D eigenvalue weighted by Crippen LogP contribution is 2.16. The molecule has 0 fully saturated rings. The number of rotatable bonds is 12. The van der Waals surface area contributed by atoms with Gasteiger partial charge in [0.15, 0.2) is 5.96 Å². The predicted octanol–water partition coefficient (Wildman–Crippen LogP) is 4.26. The third kappa shape index (κ3) is 14.0. The number of nitrogens with zero attached hydrogens (tertiary/aromatic N) is 1. The van der Waals surface area contributed by atoms with Crippen molar-refractivity contribution in [1.82, 2.24) is 10.6 Å². The topological polar surface area (TPSA) is 54.9 Å². The van der Waals surface area contributed by atoms with Gasteiger partial charge in [0.25, 0.3) is 0 Å². The molecule has 0 aliphatic rings. The normalized spacial score (nSPS) is 11.8. The molecule has 0 aliphatic heterocycles. The van der Waals surface area contributed by atoms with Crippen molar-refractivity contribution in [2.45, 2.75) is 46.0 Å². The fourth-order valence-electron chi connectivity index (χ4n) is 2.13. The molecule has 0 bridgehead atoms. The van der Waals surface area contributed by atoms with Crippen LogP contribution in [0.2, 0.25) is 0 Å². The van der Waals surface area contributed by atoms with Gasteiger partial charge in [0, 0.05) is 19.7 Å². The summed E-state index contributed by atoms with van der Waals surface area (Å²) < 4.78 is 46.4. The SMILES string of the molecule is CCCCOCCNC(=NCc1ccc(COCC(F)(F)F)cc1)NCC.I. The molecule has 1 aromatic rings. The molecule has 0 aliphatic carbocycles. The Morgan fingerprint density at radius 3 is 2.29 bits per heavy atom. The molecular formula is C19H31F3IN3O2. The van der Waals surface area contributed by atoms with Gasteiger partial charge in [-0.1, -0.05) is 37.6 Å². The lowest BCUT2D eigenvalue weighted by Gasteiger charge is -2.11. The third-order valence-electron chi connectivity index (χ3n) is 3.50. The summed E-state index contributed by atoms with van der Waals surface area (Å²) in [5.41, 5.74) is 1.66. The minimum Gasteiger partial charge on any atom is -0.380 e. The molecule has 2 N–H and O–H groups in total. The standard InChI is InChI=1S/C19H30F3N3O2.HI/c1-3-5-11-26-12-10-24-18(23-4-2)25-13-16-6-8-17(9-7-16)14-27-15-19(20,21)22;/h6-9H,3-5,10-15H2,1-2H3,(H2,23,24,25);1H. The van der Waals surface area contributed by atoms with Gasteiger partial charge in [0.05, 0.1) is 19.8 Å². The van der Waals surface area contributed by atoms with Crippen LogP contribution in [0.15, 0.2) is 29.3 Å². The first-order valence-corrected chi connectivity index (χ1v) is 9.26. The van der Waals surface area contributed by atoms with E-state index in [0.717, 1.165) is 31.6 Å². The van der Waals surface area contributed by atoms with Gasteiger partial charge in [-0.05, 0) is 24.5 Å². The fourth-order valence-corrected chi connectivity index (χ4v) is 2.13. The van der Waals surface area contributed by atoms with Gasteiger partial charge in [-0.15, -0.1) is 24.0 Å². The van der Waals surface area contributed by atoms with E-state index in [4.69, 9.17) is 4.74 Å². The van der Waals surface area contributed by atoms with E-state index in [-0.39, 0.29) is 30.6 Å². The number of unbranched alkanes of at least 4 members (excludes halogenated alkanes) is 1. The number of guanidine groups is 1. The van der Waals surface area contributed by atoms with E-state index >= 15 is 0 Å². The zero-order valence-electron chi connectivity index (χ0n) is 16.5. The molecule has 0 saturated carbocycles. The van der Waals surface area contributed by atoms with Gasteiger partial charge in [-0.2, -0.15) is 13.2 Å². The van der Waals surface area contributed by atoms with E-state index < -0.39 is 12.8 Å². The zero-order valence-corrected chi connectivity index (χ0v) is 18.8. The second-order valence-electron chi connectivity index (χ2n) is 6.01. The van der Waals surface area contributed by atoms with Crippen molar-refractivity contribution in [2.75, 3.05) is 32.9 Å². The van der Waals surface area contributed by atoms with E-state index in [1.807, 2.05) is 19.1 Å².